The quantitative estimate of drug-likeness (QED) is 0.550. The molecule has 1 aliphatic carbocycles. The molecule has 5 amide bonds. The van der Waals surface area contributed by atoms with Gasteiger partial charge >= 0.3 is 6.03 Å². The van der Waals surface area contributed by atoms with Crippen molar-refractivity contribution in [1.82, 2.24) is 30.3 Å². The Bertz CT molecular complexity index is 985. The number of rotatable bonds is 7. The molecular weight excluding hydrogens is 390 g/mol. The third-order valence-electron chi connectivity index (χ3n) is 5.28. The number of nitrogens with zero attached hydrogens (tertiary/aromatic N) is 4. The zero-order valence-electron chi connectivity index (χ0n) is 16.3. The van der Waals surface area contributed by atoms with Gasteiger partial charge < -0.3 is 16.0 Å². The van der Waals surface area contributed by atoms with Crippen LogP contribution in [0, 0.1) is 5.92 Å². The zero-order valence-corrected chi connectivity index (χ0v) is 16.3. The van der Waals surface area contributed by atoms with E-state index in [4.69, 9.17) is 0 Å². The molecule has 1 unspecified atom stereocenters. The number of anilines is 1. The summed E-state index contributed by atoms with van der Waals surface area (Å²) in [5, 5.41) is 11.8. The number of aromatic nitrogens is 3. The molecule has 2 aliphatic rings. The van der Waals surface area contributed by atoms with E-state index in [9.17, 15) is 19.2 Å². The SMILES string of the molecule is CC1(C2CC2)NC(=O)N(CC(=O)NCC(=O)Nc2ccc(-n3cncn3)cc2)C1=O. The van der Waals surface area contributed by atoms with E-state index in [-0.39, 0.29) is 12.5 Å². The molecule has 2 aromatic rings. The van der Waals surface area contributed by atoms with E-state index in [0.717, 1.165) is 23.4 Å². The minimum atomic E-state index is -0.937. The minimum absolute atomic E-state index is 0.115. The van der Waals surface area contributed by atoms with Crippen molar-refractivity contribution in [1.29, 1.82) is 0 Å². The van der Waals surface area contributed by atoms with Gasteiger partial charge in [0.05, 0.1) is 12.2 Å². The average molecular weight is 411 g/mol. The van der Waals surface area contributed by atoms with Crippen molar-refractivity contribution in [2.24, 2.45) is 5.92 Å². The fraction of sp³-hybridized carbons (Fsp3) is 0.368. The van der Waals surface area contributed by atoms with Gasteiger partial charge in [-0.05, 0) is 49.9 Å². The molecule has 3 N–H and O–H groups in total. The first-order chi connectivity index (χ1) is 14.4. The number of amides is 5. The second-order valence-electron chi connectivity index (χ2n) is 7.51. The largest absolute Gasteiger partial charge is 0.345 e. The van der Waals surface area contributed by atoms with E-state index in [2.05, 4.69) is 26.0 Å². The van der Waals surface area contributed by atoms with Gasteiger partial charge in [0, 0.05) is 5.69 Å². The summed E-state index contributed by atoms with van der Waals surface area (Å²) < 4.78 is 1.58. The summed E-state index contributed by atoms with van der Waals surface area (Å²) in [5.74, 6) is -1.31. The average Bonchev–Trinajstić information content (AvgIpc) is 3.40. The van der Waals surface area contributed by atoms with Crippen molar-refractivity contribution >= 4 is 29.4 Å². The lowest BCUT2D eigenvalue weighted by Crippen LogP contribution is -2.47. The summed E-state index contributed by atoms with van der Waals surface area (Å²) >= 11 is 0. The molecule has 0 bridgehead atoms. The van der Waals surface area contributed by atoms with E-state index >= 15 is 0 Å². The van der Waals surface area contributed by atoms with Gasteiger partial charge in [-0.2, -0.15) is 5.10 Å². The molecule has 30 heavy (non-hydrogen) atoms. The van der Waals surface area contributed by atoms with Gasteiger partial charge in [-0.15, -0.1) is 0 Å². The van der Waals surface area contributed by atoms with Crippen LogP contribution < -0.4 is 16.0 Å². The zero-order chi connectivity index (χ0) is 21.3. The third kappa shape index (κ3) is 3.86. The van der Waals surface area contributed by atoms with Crippen molar-refractivity contribution in [2.75, 3.05) is 18.4 Å². The lowest BCUT2D eigenvalue weighted by molar-refractivity contribution is -0.135. The molecule has 11 heteroatoms. The summed E-state index contributed by atoms with van der Waals surface area (Å²) in [5.41, 5.74) is 0.394. The smallest absolute Gasteiger partial charge is 0.325 e. The summed E-state index contributed by atoms with van der Waals surface area (Å²) in [6.45, 7) is 0.977. The summed E-state index contributed by atoms with van der Waals surface area (Å²) in [7, 11) is 0. The van der Waals surface area contributed by atoms with Gasteiger partial charge in [0.2, 0.25) is 11.8 Å². The fourth-order valence-electron chi connectivity index (χ4n) is 3.42. The molecular formula is C19H21N7O4. The van der Waals surface area contributed by atoms with Crippen molar-refractivity contribution in [3.8, 4) is 5.69 Å². The van der Waals surface area contributed by atoms with Crippen LogP contribution in [0.2, 0.25) is 0 Å². The Morgan fingerprint density at radius 3 is 2.57 bits per heavy atom. The van der Waals surface area contributed by atoms with Crippen LogP contribution in [-0.4, -0.2) is 62.0 Å². The molecule has 1 atom stereocenters. The molecule has 11 nitrogen and oxygen atoms in total. The first kappa shape index (κ1) is 19.6. The van der Waals surface area contributed by atoms with Gasteiger partial charge in [0.25, 0.3) is 5.91 Å². The highest BCUT2D eigenvalue weighted by atomic mass is 16.2. The van der Waals surface area contributed by atoms with Crippen molar-refractivity contribution in [3.05, 3.63) is 36.9 Å². The second-order valence-corrected chi connectivity index (χ2v) is 7.51. The van der Waals surface area contributed by atoms with Gasteiger partial charge in [-0.3, -0.25) is 19.3 Å². The highest BCUT2D eigenvalue weighted by Crippen LogP contribution is 2.42. The third-order valence-corrected chi connectivity index (χ3v) is 5.28. The predicted molar refractivity (Wildman–Crippen MR) is 104 cm³/mol. The monoisotopic (exact) mass is 411 g/mol. The summed E-state index contributed by atoms with van der Waals surface area (Å²) in [4.78, 5) is 53.6. The standard InChI is InChI=1S/C19H21N7O4/c1-19(12-2-3-12)17(29)25(18(30)24-19)9-16(28)21-8-15(27)23-13-4-6-14(7-5-13)26-11-20-10-22-26/h4-7,10-12H,2-3,8-9H2,1H3,(H,21,28)(H,23,27)(H,24,30). The maximum absolute atomic E-state index is 12.5. The molecule has 1 aromatic heterocycles. The molecule has 1 saturated heterocycles. The Morgan fingerprint density at radius 2 is 1.93 bits per heavy atom. The van der Waals surface area contributed by atoms with E-state index < -0.39 is 35.8 Å². The molecule has 4 rings (SSSR count). The van der Waals surface area contributed by atoms with Gasteiger partial charge in [0.1, 0.15) is 24.7 Å². The number of hydrogen-bond donors (Lipinski definition) is 3. The molecule has 1 aromatic carbocycles. The number of nitrogens with one attached hydrogen (secondary N) is 3. The van der Waals surface area contributed by atoms with Crippen LogP contribution in [0.25, 0.3) is 5.69 Å². The number of hydrogen-bond acceptors (Lipinski definition) is 6. The summed E-state index contributed by atoms with van der Waals surface area (Å²) in [6.07, 6.45) is 4.73. The van der Waals surface area contributed by atoms with E-state index in [1.807, 2.05) is 0 Å². The van der Waals surface area contributed by atoms with E-state index in [1.165, 1.54) is 6.33 Å². The highest BCUT2D eigenvalue weighted by Gasteiger charge is 2.56. The molecule has 0 spiro atoms. The Kier molecular flexibility index (Phi) is 4.94. The Morgan fingerprint density at radius 1 is 1.20 bits per heavy atom. The molecule has 2 heterocycles. The van der Waals surface area contributed by atoms with Crippen LogP contribution in [0.3, 0.4) is 0 Å². The highest BCUT2D eigenvalue weighted by molar-refractivity contribution is 6.09. The number of imide groups is 1. The van der Waals surface area contributed by atoms with Gasteiger partial charge in [0.15, 0.2) is 0 Å². The van der Waals surface area contributed by atoms with Crippen LogP contribution in [0.15, 0.2) is 36.9 Å². The van der Waals surface area contributed by atoms with Gasteiger partial charge in [-0.25, -0.2) is 14.5 Å². The lowest BCUT2D eigenvalue weighted by atomic mass is 9.96. The summed E-state index contributed by atoms with van der Waals surface area (Å²) in [6, 6.07) is 6.33. The molecule has 1 aliphatic heterocycles. The Hall–Kier alpha value is -3.76. The molecule has 2 fully saturated rings. The lowest BCUT2D eigenvalue weighted by Gasteiger charge is -2.20. The van der Waals surface area contributed by atoms with Crippen LogP contribution in [0.1, 0.15) is 19.8 Å². The van der Waals surface area contributed by atoms with E-state index in [0.29, 0.717) is 5.69 Å². The van der Waals surface area contributed by atoms with Gasteiger partial charge in [-0.1, -0.05) is 0 Å². The molecule has 0 radical (unpaired) electrons. The van der Waals surface area contributed by atoms with Crippen LogP contribution in [0.5, 0.6) is 0 Å². The number of carbonyl (C=O) groups is 4. The Labute approximate surface area is 171 Å². The number of urea groups is 1. The maximum Gasteiger partial charge on any atom is 0.325 e. The van der Waals surface area contributed by atoms with Crippen LogP contribution >= 0.6 is 0 Å². The number of carbonyl (C=O) groups excluding carboxylic acids is 4. The molecule has 156 valence electrons. The first-order valence-corrected chi connectivity index (χ1v) is 9.52. The Balaban J connectivity index is 1.25. The fourth-order valence-corrected chi connectivity index (χ4v) is 3.42. The number of benzene rings is 1. The van der Waals surface area contributed by atoms with E-state index in [1.54, 1.807) is 42.2 Å². The second kappa shape index (κ2) is 7.58. The maximum atomic E-state index is 12.5. The topological polar surface area (TPSA) is 138 Å². The minimum Gasteiger partial charge on any atom is -0.345 e. The molecule has 1 saturated carbocycles. The normalized spacial score (nSPS) is 20.8. The van der Waals surface area contributed by atoms with Crippen molar-refractivity contribution in [2.45, 2.75) is 25.3 Å². The van der Waals surface area contributed by atoms with Crippen LogP contribution in [-0.2, 0) is 14.4 Å². The first-order valence-electron chi connectivity index (χ1n) is 9.52. The van der Waals surface area contributed by atoms with Crippen molar-refractivity contribution in [3.63, 3.8) is 0 Å². The predicted octanol–water partition coefficient (Wildman–Crippen LogP) is 0.0425. The van der Waals surface area contributed by atoms with Crippen LogP contribution in [0.4, 0.5) is 10.5 Å². The van der Waals surface area contributed by atoms with Crippen molar-refractivity contribution < 1.29 is 19.2 Å².